The average molecular weight is 2050 g/mol. The highest BCUT2D eigenvalue weighted by molar-refractivity contribution is 8.45. The van der Waals surface area contributed by atoms with Crippen LogP contribution >= 0.6 is 188 Å². The highest BCUT2D eigenvalue weighted by Crippen LogP contribution is 2.68. The maximum atomic E-state index is 7.46. The minimum atomic E-state index is -0.185. The van der Waals surface area contributed by atoms with Gasteiger partial charge in [-0.2, -0.15) is 0 Å². The molecule has 0 saturated heterocycles. The predicted molar refractivity (Wildman–Crippen MR) is 581 cm³/mol. The molecule has 130 heavy (non-hydrogen) atoms. The Morgan fingerprint density at radius 2 is 0.323 bits per heavy atom. The summed E-state index contributed by atoms with van der Waals surface area (Å²) >= 11 is 30.3. The van der Waals surface area contributed by atoms with Crippen molar-refractivity contribution in [2.24, 2.45) is 0 Å². The van der Waals surface area contributed by atoms with E-state index in [-0.39, 0.29) is 43.3 Å². The van der Waals surface area contributed by atoms with Crippen LogP contribution < -0.4 is 37.9 Å². The van der Waals surface area contributed by atoms with E-state index in [2.05, 4.69) is 263 Å². The minimum absolute atomic E-state index is 0.172. The standard InChI is InChI=1S/C106H132O8S16/c1-99(2,3)61-45-69-85(107-25)70(46-61)120-78-54-66(104(16,17)18)56-80-90(78)112-38-30-34-42-116-94-93(115-41-33-29-37-111-89-77(119-69)53-65(103(13,14)15)55-79(89)121-71-47-62(100(4,5)6)48-72(122-80)86(71)108-26)127-97(128-94)98-129-95-96(130-98)118-44-36-32-40-114-92-82-58-68(106(22,23)24)60-84(92)126-76-52-64(102(10,11)12)51-75(88(76)110-28)125-83-59-67(105(19,20)21)57-81(91(83)113-39-31-35-43-117-95)123-73-49-63(101(7,8)9)50-74(124-82)87(73)109-27/h45-60H,29-44H2,1-28H3. The fraction of sp³-hybridized carbons (Fsp3) is 0.491. The molecule has 0 N–H and O–H groups in total. The summed E-state index contributed by atoms with van der Waals surface area (Å²) in [5, 5.41) is 0. The average Bonchev–Trinajstić information content (AvgIpc) is 1.35. The summed E-state index contributed by atoms with van der Waals surface area (Å²) in [6, 6.07) is 38.1. The van der Waals surface area contributed by atoms with E-state index in [1.807, 2.05) is 123 Å². The summed E-state index contributed by atoms with van der Waals surface area (Å²) in [6.45, 7) is 57.9. The second-order valence-electron chi connectivity index (χ2n) is 41.8. The second kappa shape index (κ2) is 42.6. The van der Waals surface area contributed by atoms with Crippen LogP contribution in [0.25, 0.3) is 0 Å². The first-order chi connectivity index (χ1) is 61.2. The highest BCUT2D eigenvalue weighted by Gasteiger charge is 2.37. The molecule has 8 aromatic carbocycles. The molecule has 8 aliphatic heterocycles. The highest BCUT2D eigenvalue weighted by atomic mass is 32.3. The molecule has 0 spiro atoms. The van der Waals surface area contributed by atoms with Crippen molar-refractivity contribution in [2.45, 2.75) is 339 Å². The van der Waals surface area contributed by atoms with Gasteiger partial charge >= 0.3 is 0 Å². The third kappa shape index (κ3) is 25.0. The third-order valence-corrected chi connectivity index (χ3v) is 43.3. The first kappa shape index (κ1) is 103. The summed E-state index contributed by atoms with van der Waals surface area (Å²) in [4.78, 5) is 16.9. The fourth-order valence-electron chi connectivity index (χ4n) is 14.9. The lowest BCUT2D eigenvalue weighted by Gasteiger charge is -2.28. The van der Waals surface area contributed by atoms with Gasteiger partial charge in [0.1, 0.15) is 46.0 Å². The molecule has 20 bridgehead atoms. The van der Waals surface area contributed by atoms with Gasteiger partial charge in [-0.3, -0.25) is 0 Å². The van der Waals surface area contributed by atoms with Gasteiger partial charge in [-0.1, -0.05) is 307 Å². The summed E-state index contributed by atoms with van der Waals surface area (Å²) < 4.78 is 65.2. The van der Waals surface area contributed by atoms with Gasteiger partial charge < -0.3 is 37.9 Å². The van der Waals surface area contributed by atoms with E-state index in [9.17, 15) is 0 Å². The molecule has 0 atom stereocenters. The van der Waals surface area contributed by atoms with E-state index in [1.165, 1.54) is 69.9 Å². The van der Waals surface area contributed by atoms with Crippen LogP contribution in [0.2, 0.25) is 0 Å². The lowest BCUT2D eigenvalue weighted by atomic mass is 9.87. The van der Waals surface area contributed by atoms with Gasteiger partial charge in [0.15, 0.2) is 0 Å². The lowest BCUT2D eigenvalue weighted by Crippen LogP contribution is -2.13. The predicted octanol–water partition coefficient (Wildman–Crippen LogP) is 36.6. The van der Waals surface area contributed by atoms with Gasteiger partial charge in [-0.15, -0.1) is 47.0 Å². The van der Waals surface area contributed by atoms with E-state index >= 15 is 0 Å². The molecular formula is C106H132O8S16. The Morgan fingerprint density at radius 3 is 0.454 bits per heavy atom. The molecule has 0 unspecified atom stereocenters. The number of fused-ring (bicyclic) bond motifs is 20. The molecule has 16 rings (SSSR count). The van der Waals surface area contributed by atoms with E-state index in [4.69, 9.17) is 37.9 Å². The maximum Gasteiger partial charge on any atom is 0.147 e. The molecule has 0 radical (unpaired) electrons. The molecule has 700 valence electrons. The van der Waals surface area contributed by atoms with Gasteiger partial charge in [0, 0.05) is 0 Å². The molecule has 0 saturated carbocycles. The van der Waals surface area contributed by atoms with Crippen molar-refractivity contribution in [2.75, 3.05) is 77.9 Å². The lowest BCUT2D eigenvalue weighted by molar-refractivity contribution is 0.295. The molecule has 0 amide bonds. The first-order valence-electron chi connectivity index (χ1n) is 45.3. The molecular weight excluding hydrogens is 1910 g/mol. The Labute approximate surface area is 847 Å². The number of rotatable bonds is 4. The number of ether oxygens (including phenoxy) is 8. The molecule has 0 fully saturated rings. The van der Waals surface area contributed by atoms with Crippen molar-refractivity contribution in [3.8, 4) is 46.0 Å². The van der Waals surface area contributed by atoms with Crippen LogP contribution in [-0.4, -0.2) is 77.9 Å². The Bertz CT molecular complexity index is 4760. The Kier molecular flexibility index (Phi) is 33.7. The van der Waals surface area contributed by atoms with Crippen molar-refractivity contribution in [1.29, 1.82) is 0 Å². The summed E-state index contributed by atoms with van der Waals surface area (Å²) in [6.07, 6.45) is 7.55. The molecule has 8 aliphatic rings. The number of benzene rings is 8. The zero-order valence-corrected chi connectivity index (χ0v) is 94.4. The van der Waals surface area contributed by atoms with Crippen LogP contribution in [0.5, 0.6) is 46.0 Å². The van der Waals surface area contributed by atoms with Crippen LogP contribution in [0.1, 0.15) is 262 Å². The molecule has 0 aliphatic carbocycles. The molecule has 0 aromatic heterocycles. The van der Waals surface area contributed by atoms with Crippen LogP contribution in [0, 0.1) is 0 Å². The van der Waals surface area contributed by atoms with Crippen LogP contribution in [0.3, 0.4) is 0 Å². The SMILES string of the molecule is COc1c2cc(C(C)(C)C)cc1Sc1cc(C(C)(C)C)cc3c1OCCCCSC1=C(SCCCCOc4c(cc(C(C)(C)C)cc4Sc4cc(C(C)(C)C)cc(c4OC)S3)S2)SC(=C2SC3=C(SCCCCOc4c5cc(C(C)(C)C)cc4Sc4cc(C(C)(C)C)cc(c4OC)Sc4cc(C(C)(C)C)cc(c4OCCCCS3)Sc3cc(C(C)(C)C)cc(c3OC)S5)S2)S1. The van der Waals surface area contributed by atoms with Crippen molar-refractivity contribution < 1.29 is 37.9 Å². The summed E-state index contributed by atoms with van der Waals surface area (Å²) in [7, 11) is 7.35. The zero-order chi connectivity index (χ0) is 93.5. The van der Waals surface area contributed by atoms with E-state index in [0.717, 1.165) is 199 Å². The van der Waals surface area contributed by atoms with Crippen molar-refractivity contribution in [1.82, 2.24) is 0 Å². The summed E-state index contributed by atoms with van der Waals surface area (Å²) in [5.41, 5.74) is 8.46. The first-order valence-corrected chi connectivity index (χ1v) is 59.0. The van der Waals surface area contributed by atoms with Gasteiger partial charge in [0.05, 0.1) is 159 Å². The van der Waals surface area contributed by atoms with Crippen molar-refractivity contribution in [3.05, 3.63) is 167 Å². The zero-order valence-electron chi connectivity index (χ0n) is 81.3. The number of hydrogen-bond donors (Lipinski definition) is 0. The summed E-state index contributed by atoms with van der Waals surface area (Å²) in [5.74, 6) is 10.9. The Morgan fingerprint density at radius 1 is 0.185 bits per heavy atom. The number of methoxy groups -OCH3 is 4. The molecule has 8 nitrogen and oxygen atoms in total. The van der Waals surface area contributed by atoms with Crippen LogP contribution in [0.15, 0.2) is 201 Å². The minimum Gasteiger partial charge on any atom is -0.494 e. The Hall–Kier alpha value is -3.02. The number of hydrogen-bond acceptors (Lipinski definition) is 24. The van der Waals surface area contributed by atoms with E-state index in [1.54, 1.807) is 94.1 Å². The van der Waals surface area contributed by atoms with Crippen LogP contribution in [-0.2, 0) is 43.3 Å². The van der Waals surface area contributed by atoms with Crippen molar-refractivity contribution >= 4 is 188 Å². The largest absolute Gasteiger partial charge is 0.494 e. The molecule has 8 aromatic rings. The van der Waals surface area contributed by atoms with Crippen molar-refractivity contribution in [3.63, 3.8) is 0 Å². The Balaban J connectivity index is 0.794. The quantitative estimate of drug-likeness (QED) is 0.168. The molecule has 8 heterocycles. The maximum absolute atomic E-state index is 7.46. The smallest absolute Gasteiger partial charge is 0.147 e. The van der Waals surface area contributed by atoms with Gasteiger partial charge in [-0.25, -0.2) is 0 Å². The fourth-order valence-corrected chi connectivity index (χ4v) is 36.9. The van der Waals surface area contributed by atoms with Gasteiger partial charge in [0.2, 0.25) is 0 Å². The monoisotopic (exact) mass is 2040 g/mol. The van der Waals surface area contributed by atoms with Gasteiger partial charge in [-0.05, 0) is 259 Å². The van der Waals surface area contributed by atoms with E-state index in [0.29, 0.717) is 26.4 Å². The van der Waals surface area contributed by atoms with E-state index < -0.39 is 0 Å². The second-order valence-corrected chi connectivity index (χ2v) is 60.5. The topological polar surface area (TPSA) is 73.8 Å². The van der Waals surface area contributed by atoms with Gasteiger partial charge in [0.25, 0.3) is 0 Å². The molecule has 24 heteroatoms. The third-order valence-electron chi connectivity index (χ3n) is 23.0. The number of thioether (sulfide) groups is 8. The van der Waals surface area contributed by atoms with Crippen LogP contribution in [0.4, 0.5) is 0 Å². The normalized spacial score (nSPS) is 17.3.